The molecule has 1 N–H and O–H groups in total. The zero-order valence-corrected chi connectivity index (χ0v) is 12.1. The first-order chi connectivity index (χ1) is 8.61. The van der Waals surface area contributed by atoms with E-state index in [1.54, 1.807) is 7.11 Å². The highest BCUT2D eigenvalue weighted by Crippen LogP contribution is 2.15. The Morgan fingerprint density at radius 1 is 1.11 bits per heavy atom. The molecule has 2 atom stereocenters. The summed E-state index contributed by atoms with van der Waals surface area (Å²) in [4.78, 5) is 0. The first-order valence-corrected chi connectivity index (χ1v) is 6.92. The van der Waals surface area contributed by atoms with Crippen LogP contribution in [0.3, 0.4) is 0 Å². The summed E-state index contributed by atoms with van der Waals surface area (Å²) in [7, 11) is 1.79. The molecule has 0 aliphatic rings. The van der Waals surface area contributed by atoms with Crippen molar-refractivity contribution >= 4 is 0 Å². The van der Waals surface area contributed by atoms with Gasteiger partial charge < -0.3 is 10.1 Å². The molecule has 0 radical (unpaired) electrons. The Morgan fingerprint density at radius 3 is 2.33 bits per heavy atom. The first kappa shape index (κ1) is 15.2. The Morgan fingerprint density at radius 2 is 1.78 bits per heavy atom. The zero-order valence-electron chi connectivity index (χ0n) is 12.1. The topological polar surface area (TPSA) is 21.3 Å². The van der Waals surface area contributed by atoms with Crippen LogP contribution < -0.4 is 5.32 Å². The van der Waals surface area contributed by atoms with Crippen molar-refractivity contribution in [2.75, 3.05) is 13.7 Å². The Bertz CT molecular complexity index is 310. The van der Waals surface area contributed by atoms with Crippen molar-refractivity contribution in [1.29, 1.82) is 0 Å². The number of methoxy groups -OCH3 is 1. The highest BCUT2D eigenvalue weighted by Gasteiger charge is 2.14. The van der Waals surface area contributed by atoms with Gasteiger partial charge in [0.05, 0.1) is 6.10 Å². The third kappa shape index (κ3) is 6.18. The van der Waals surface area contributed by atoms with Crippen LogP contribution in [-0.2, 0) is 11.2 Å². The Kier molecular flexibility index (Phi) is 6.99. The first-order valence-electron chi connectivity index (χ1n) is 6.92. The second-order valence-corrected chi connectivity index (χ2v) is 5.40. The van der Waals surface area contributed by atoms with Crippen molar-refractivity contribution < 1.29 is 4.74 Å². The molecule has 0 spiro atoms. The van der Waals surface area contributed by atoms with Crippen LogP contribution in [0.4, 0.5) is 0 Å². The van der Waals surface area contributed by atoms with E-state index in [1.165, 1.54) is 5.56 Å². The van der Waals surface area contributed by atoms with Gasteiger partial charge in [-0.3, -0.25) is 0 Å². The molecule has 2 heteroatoms. The lowest BCUT2D eigenvalue weighted by Gasteiger charge is -2.22. The third-order valence-electron chi connectivity index (χ3n) is 3.25. The van der Waals surface area contributed by atoms with E-state index in [0.29, 0.717) is 18.1 Å². The molecule has 0 fully saturated rings. The van der Waals surface area contributed by atoms with Gasteiger partial charge in [-0.1, -0.05) is 44.2 Å². The quantitative estimate of drug-likeness (QED) is 0.763. The number of nitrogens with one attached hydrogen (secondary N) is 1. The molecule has 0 amide bonds. The molecular formula is C16H27NO. The summed E-state index contributed by atoms with van der Waals surface area (Å²) in [6, 6.07) is 11.3. The van der Waals surface area contributed by atoms with Crippen molar-refractivity contribution in [3.8, 4) is 0 Å². The molecule has 2 unspecified atom stereocenters. The van der Waals surface area contributed by atoms with Crippen LogP contribution in [0, 0.1) is 5.92 Å². The second kappa shape index (κ2) is 8.28. The van der Waals surface area contributed by atoms with Crippen molar-refractivity contribution in [2.45, 2.75) is 45.8 Å². The summed E-state index contributed by atoms with van der Waals surface area (Å²) < 4.78 is 5.40. The summed E-state index contributed by atoms with van der Waals surface area (Å²) >= 11 is 0. The zero-order chi connectivity index (χ0) is 13.4. The van der Waals surface area contributed by atoms with E-state index >= 15 is 0 Å². The molecule has 1 aromatic carbocycles. The van der Waals surface area contributed by atoms with Crippen LogP contribution in [0.2, 0.25) is 0 Å². The van der Waals surface area contributed by atoms with Gasteiger partial charge in [0.15, 0.2) is 0 Å². The lowest BCUT2D eigenvalue weighted by atomic mass is 9.93. The summed E-state index contributed by atoms with van der Waals surface area (Å²) in [5, 5.41) is 3.54. The number of rotatable bonds is 8. The maximum atomic E-state index is 5.40. The van der Waals surface area contributed by atoms with Gasteiger partial charge in [-0.15, -0.1) is 0 Å². The Hall–Kier alpha value is -0.860. The standard InChI is InChI=1S/C16H27NO/c1-13(2)17-12-16(10-14(3)18-4)11-15-8-6-5-7-9-15/h5-9,13-14,16-17H,10-12H2,1-4H3. The molecule has 0 saturated heterocycles. The van der Waals surface area contributed by atoms with Crippen LogP contribution in [-0.4, -0.2) is 25.8 Å². The molecule has 0 aliphatic heterocycles. The molecule has 0 aromatic heterocycles. The fourth-order valence-electron chi connectivity index (χ4n) is 2.15. The number of benzene rings is 1. The van der Waals surface area contributed by atoms with E-state index in [9.17, 15) is 0 Å². The molecule has 2 nitrogen and oxygen atoms in total. The van der Waals surface area contributed by atoms with Gasteiger partial charge in [-0.25, -0.2) is 0 Å². The molecule has 18 heavy (non-hydrogen) atoms. The predicted molar refractivity (Wildman–Crippen MR) is 77.9 cm³/mol. The highest BCUT2D eigenvalue weighted by molar-refractivity contribution is 5.15. The maximum absolute atomic E-state index is 5.40. The summed E-state index contributed by atoms with van der Waals surface area (Å²) in [5.41, 5.74) is 1.41. The van der Waals surface area contributed by atoms with Crippen LogP contribution >= 0.6 is 0 Å². The van der Waals surface area contributed by atoms with E-state index < -0.39 is 0 Å². The van der Waals surface area contributed by atoms with Gasteiger partial charge in [-0.2, -0.15) is 0 Å². The fraction of sp³-hybridized carbons (Fsp3) is 0.625. The maximum Gasteiger partial charge on any atom is 0.0546 e. The summed E-state index contributed by atoms with van der Waals surface area (Å²) in [5.74, 6) is 0.629. The van der Waals surface area contributed by atoms with Crippen LogP contribution in [0.15, 0.2) is 30.3 Å². The average molecular weight is 249 g/mol. The minimum Gasteiger partial charge on any atom is -0.382 e. The van der Waals surface area contributed by atoms with Crippen molar-refractivity contribution in [3.63, 3.8) is 0 Å². The van der Waals surface area contributed by atoms with Crippen molar-refractivity contribution in [2.24, 2.45) is 5.92 Å². The molecule has 102 valence electrons. The van der Waals surface area contributed by atoms with E-state index in [1.807, 2.05) is 0 Å². The van der Waals surface area contributed by atoms with Gasteiger partial charge in [0.2, 0.25) is 0 Å². The van der Waals surface area contributed by atoms with Gasteiger partial charge in [0, 0.05) is 13.2 Å². The van der Waals surface area contributed by atoms with Gasteiger partial charge in [0.25, 0.3) is 0 Å². The second-order valence-electron chi connectivity index (χ2n) is 5.40. The minimum atomic E-state index is 0.327. The normalized spacial score (nSPS) is 14.7. The smallest absolute Gasteiger partial charge is 0.0546 e. The van der Waals surface area contributed by atoms with Crippen molar-refractivity contribution in [3.05, 3.63) is 35.9 Å². The van der Waals surface area contributed by atoms with Gasteiger partial charge >= 0.3 is 0 Å². The summed E-state index contributed by atoms with van der Waals surface area (Å²) in [6.07, 6.45) is 2.55. The summed E-state index contributed by atoms with van der Waals surface area (Å²) in [6.45, 7) is 7.59. The van der Waals surface area contributed by atoms with E-state index in [2.05, 4.69) is 56.4 Å². The lowest BCUT2D eigenvalue weighted by Crippen LogP contribution is -2.31. The van der Waals surface area contributed by atoms with E-state index in [-0.39, 0.29) is 0 Å². The molecular weight excluding hydrogens is 222 g/mol. The van der Waals surface area contributed by atoms with Gasteiger partial charge in [0.1, 0.15) is 0 Å². The Balaban J connectivity index is 2.53. The van der Waals surface area contributed by atoms with Crippen LogP contribution in [0.5, 0.6) is 0 Å². The average Bonchev–Trinajstić information content (AvgIpc) is 2.37. The Labute approximate surface area is 112 Å². The molecule has 0 aliphatic carbocycles. The van der Waals surface area contributed by atoms with E-state index in [0.717, 1.165) is 19.4 Å². The van der Waals surface area contributed by atoms with E-state index in [4.69, 9.17) is 4.74 Å². The molecule has 0 saturated carbocycles. The molecule has 0 heterocycles. The van der Waals surface area contributed by atoms with Crippen LogP contribution in [0.1, 0.15) is 32.8 Å². The molecule has 1 aromatic rings. The SMILES string of the molecule is COC(C)CC(CNC(C)C)Cc1ccccc1. The minimum absolute atomic E-state index is 0.327. The largest absolute Gasteiger partial charge is 0.382 e. The molecule has 1 rings (SSSR count). The predicted octanol–water partition coefficient (Wildman–Crippen LogP) is 3.27. The monoisotopic (exact) mass is 249 g/mol. The lowest BCUT2D eigenvalue weighted by molar-refractivity contribution is 0.0942. The highest BCUT2D eigenvalue weighted by atomic mass is 16.5. The van der Waals surface area contributed by atoms with Gasteiger partial charge in [-0.05, 0) is 37.8 Å². The molecule has 0 bridgehead atoms. The van der Waals surface area contributed by atoms with Crippen LogP contribution in [0.25, 0.3) is 0 Å². The fourth-order valence-corrected chi connectivity index (χ4v) is 2.15. The number of hydrogen-bond acceptors (Lipinski definition) is 2. The van der Waals surface area contributed by atoms with Crippen molar-refractivity contribution in [1.82, 2.24) is 5.32 Å². The number of ether oxygens (including phenoxy) is 1. The number of hydrogen-bond donors (Lipinski definition) is 1. The third-order valence-corrected chi connectivity index (χ3v) is 3.25.